The highest BCUT2D eigenvalue weighted by atomic mass is 32.2. The van der Waals surface area contributed by atoms with Gasteiger partial charge in [0.1, 0.15) is 17.1 Å². The zero-order valence-electron chi connectivity index (χ0n) is 13.8. The number of rotatable bonds is 4. The van der Waals surface area contributed by atoms with Gasteiger partial charge in [0, 0.05) is 22.9 Å². The van der Waals surface area contributed by atoms with Crippen LogP contribution in [-0.4, -0.2) is 38.1 Å². The van der Waals surface area contributed by atoms with Gasteiger partial charge in [-0.1, -0.05) is 12.1 Å². The lowest BCUT2D eigenvalue weighted by atomic mass is 10.2. The van der Waals surface area contributed by atoms with E-state index in [1.165, 1.54) is 17.0 Å². The largest absolute Gasteiger partial charge is 0.383 e. The number of nitrogens with two attached hydrogens (primary N) is 1. The molecule has 25 heavy (non-hydrogen) atoms. The summed E-state index contributed by atoms with van der Waals surface area (Å²) in [5.74, 6) is -0.202. The number of nitrogens with one attached hydrogen (secondary N) is 1. The number of fused-ring (bicyclic) bond motifs is 1. The molecule has 1 saturated heterocycles. The Morgan fingerprint density at radius 2 is 2.40 bits per heavy atom. The van der Waals surface area contributed by atoms with Crippen molar-refractivity contribution in [1.82, 2.24) is 25.1 Å². The second-order valence-corrected chi connectivity index (χ2v) is 7.32. The van der Waals surface area contributed by atoms with Crippen molar-refractivity contribution in [1.29, 1.82) is 0 Å². The summed E-state index contributed by atoms with van der Waals surface area (Å²) in [6.07, 6.45) is 5.80. The van der Waals surface area contributed by atoms with Crippen molar-refractivity contribution in [3.05, 3.63) is 24.0 Å². The number of halogens is 1. The molecule has 7 nitrogen and oxygen atoms in total. The molecule has 0 amide bonds. The molecule has 3 aromatic rings. The zero-order chi connectivity index (χ0) is 17.4. The van der Waals surface area contributed by atoms with E-state index in [2.05, 4.69) is 15.6 Å². The number of aromatic nitrogens is 4. The van der Waals surface area contributed by atoms with Crippen LogP contribution in [0.5, 0.6) is 0 Å². The smallest absolute Gasteiger partial charge is 0.243 e. The maximum atomic E-state index is 14.5. The highest BCUT2D eigenvalue weighted by molar-refractivity contribution is 8.00. The van der Waals surface area contributed by atoms with E-state index in [0.29, 0.717) is 28.7 Å². The first kappa shape index (κ1) is 16.3. The fourth-order valence-electron chi connectivity index (χ4n) is 3.14. The molecule has 0 radical (unpaired) electrons. The minimum absolute atomic E-state index is 0.263. The molecule has 4 heterocycles. The maximum absolute atomic E-state index is 14.5. The highest BCUT2D eigenvalue weighted by Gasteiger charge is 2.24. The number of piperidine rings is 1. The second-order valence-electron chi connectivity index (χ2n) is 6.03. The Morgan fingerprint density at radius 3 is 3.08 bits per heavy atom. The predicted octanol–water partition coefficient (Wildman–Crippen LogP) is 2.51. The summed E-state index contributed by atoms with van der Waals surface area (Å²) in [7, 11) is 0. The van der Waals surface area contributed by atoms with Gasteiger partial charge in [-0.3, -0.25) is 0 Å². The number of anilines is 1. The molecule has 1 atom stereocenters. The molecule has 1 aliphatic heterocycles. The van der Waals surface area contributed by atoms with E-state index < -0.39 is 5.95 Å². The van der Waals surface area contributed by atoms with Crippen molar-refractivity contribution in [2.24, 2.45) is 0 Å². The van der Waals surface area contributed by atoms with Gasteiger partial charge in [0.2, 0.25) is 5.95 Å². The summed E-state index contributed by atoms with van der Waals surface area (Å²) in [5, 5.41) is 12.3. The molecular weight excluding hydrogens is 343 g/mol. The van der Waals surface area contributed by atoms with Crippen LogP contribution in [-0.2, 0) is 6.42 Å². The molecule has 3 aromatic heterocycles. The Bertz CT molecular complexity index is 888. The molecule has 0 unspecified atom stereocenters. The first-order chi connectivity index (χ1) is 12.2. The van der Waals surface area contributed by atoms with E-state index in [4.69, 9.17) is 15.2 Å². The van der Waals surface area contributed by atoms with Gasteiger partial charge in [-0.05, 0) is 25.8 Å². The van der Waals surface area contributed by atoms with Gasteiger partial charge < -0.3 is 15.6 Å². The van der Waals surface area contributed by atoms with Crippen LogP contribution in [0.1, 0.15) is 25.3 Å². The van der Waals surface area contributed by atoms with E-state index in [1.54, 1.807) is 11.8 Å². The van der Waals surface area contributed by atoms with Crippen molar-refractivity contribution in [2.75, 3.05) is 18.8 Å². The Kier molecular flexibility index (Phi) is 4.34. The van der Waals surface area contributed by atoms with Gasteiger partial charge in [-0.15, -0.1) is 16.9 Å². The summed E-state index contributed by atoms with van der Waals surface area (Å²) in [5.41, 5.74) is 8.35. The van der Waals surface area contributed by atoms with Gasteiger partial charge >= 0.3 is 0 Å². The molecule has 0 aliphatic carbocycles. The van der Waals surface area contributed by atoms with Crippen LogP contribution in [0, 0.1) is 5.95 Å². The summed E-state index contributed by atoms with van der Waals surface area (Å²) in [6.45, 7) is 4.01. The lowest BCUT2D eigenvalue weighted by molar-refractivity contribution is 0.420. The van der Waals surface area contributed by atoms with Crippen LogP contribution in [0.4, 0.5) is 10.2 Å². The molecule has 1 fully saturated rings. The van der Waals surface area contributed by atoms with Crippen molar-refractivity contribution < 1.29 is 8.91 Å². The van der Waals surface area contributed by atoms with Gasteiger partial charge in [-0.2, -0.15) is 8.91 Å². The normalized spacial score (nSPS) is 18.1. The minimum Gasteiger partial charge on any atom is -0.383 e. The van der Waals surface area contributed by atoms with Gasteiger partial charge in [-0.25, -0.2) is 4.98 Å². The zero-order valence-corrected chi connectivity index (χ0v) is 14.6. The van der Waals surface area contributed by atoms with Crippen LogP contribution >= 0.6 is 11.8 Å². The monoisotopic (exact) mass is 362 g/mol. The third-order valence-corrected chi connectivity index (χ3v) is 5.72. The fraction of sp³-hybridized carbons (Fsp3) is 0.438. The first-order valence-corrected chi connectivity index (χ1v) is 9.20. The molecule has 0 spiro atoms. The van der Waals surface area contributed by atoms with Crippen LogP contribution in [0.15, 0.2) is 22.0 Å². The van der Waals surface area contributed by atoms with E-state index in [9.17, 15) is 4.39 Å². The van der Waals surface area contributed by atoms with E-state index >= 15 is 0 Å². The molecule has 4 rings (SSSR count). The minimum atomic E-state index is -0.633. The summed E-state index contributed by atoms with van der Waals surface area (Å²) in [4.78, 5) is 4.72. The van der Waals surface area contributed by atoms with Gasteiger partial charge in [0.25, 0.3) is 0 Å². The first-order valence-electron chi connectivity index (χ1n) is 8.32. The molecule has 0 bridgehead atoms. The SMILES string of the molecule is CCc1c(S[C@@H]2CCCNC2)nc2c(-c3cnoc3)c(F)nn2c1N. The van der Waals surface area contributed by atoms with E-state index in [0.717, 1.165) is 36.5 Å². The van der Waals surface area contributed by atoms with Crippen LogP contribution in [0.25, 0.3) is 16.8 Å². The Labute approximate surface area is 148 Å². The van der Waals surface area contributed by atoms with Crippen molar-refractivity contribution in [2.45, 2.75) is 36.5 Å². The molecule has 0 saturated carbocycles. The maximum Gasteiger partial charge on any atom is 0.243 e. The van der Waals surface area contributed by atoms with Crippen LogP contribution in [0.3, 0.4) is 0 Å². The second kappa shape index (κ2) is 6.64. The number of thioether (sulfide) groups is 1. The van der Waals surface area contributed by atoms with Crippen molar-refractivity contribution in [3.8, 4) is 11.1 Å². The lowest BCUT2D eigenvalue weighted by Crippen LogP contribution is -2.31. The average Bonchev–Trinajstić information content (AvgIpc) is 3.23. The molecular formula is C16H19FN6OS. The topological polar surface area (TPSA) is 94.3 Å². The van der Waals surface area contributed by atoms with Gasteiger partial charge in [0.05, 0.1) is 11.8 Å². The van der Waals surface area contributed by atoms with Gasteiger partial charge in [0.15, 0.2) is 5.65 Å². The molecule has 1 aliphatic rings. The quantitative estimate of drug-likeness (QED) is 0.689. The molecule has 0 aromatic carbocycles. The number of nitrogen functional groups attached to an aromatic ring is 1. The third kappa shape index (κ3) is 2.87. The summed E-state index contributed by atoms with van der Waals surface area (Å²) >= 11 is 1.70. The predicted molar refractivity (Wildman–Crippen MR) is 94.0 cm³/mol. The highest BCUT2D eigenvalue weighted by Crippen LogP contribution is 2.35. The number of nitrogens with zero attached hydrogens (tertiary/aromatic N) is 4. The van der Waals surface area contributed by atoms with Crippen molar-refractivity contribution >= 4 is 23.2 Å². The van der Waals surface area contributed by atoms with Crippen LogP contribution < -0.4 is 11.1 Å². The fourth-order valence-corrected chi connectivity index (χ4v) is 4.47. The standard InChI is InChI=1S/C16H19FN6OS/c1-2-11-14(18)23-15(12(13(17)22-23)9-6-20-24-8-9)21-16(11)25-10-4-3-5-19-7-10/h6,8,10,19H,2-5,7,18H2,1H3/t10-/m1/s1. The average molecular weight is 362 g/mol. The van der Waals surface area contributed by atoms with Crippen LogP contribution in [0.2, 0.25) is 0 Å². The Morgan fingerprint density at radius 1 is 1.52 bits per heavy atom. The summed E-state index contributed by atoms with van der Waals surface area (Å²) in [6, 6.07) is 0. The molecule has 132 valence electrons. The Balaban J connectivity index is 1.85. The lowest BCUT2D eigenvalue weighted by Gasteiger charge is -2.23. The summed E-state index contributed by atoms with van der Waals surface area (Å²) < 4.78 is 20.7. The van der Waals surface area contributed by atoms with E-state index in [-0.39, 0.29) is 5.56 Å². The Hall–Kier alpha value is -2.13. The van der Waals surface area contributed by atoms with Crippen molar-refractivity contribution in [3.63, 3.8) is 0 Å². The molecule has 9 heteroatoms. The van der Waals surface area contributed by atoms with E-state index in [1.807, 2.05) is 6.92 Å². The number of hydrogen-bond acceptors (Lipinski definition) is 7. The molecule has 3 N–H and O–H groups in total. The number of hydrogen-bond donors (Lipinski definition) is 2. The third-order valence-electron chi connectivity index (χ3n) is 4.43.